The third-order valence-electron chi connectivity index (χ3n) is 4.58. The van der Waals surface area contributed by atoms with Crippen LogP contribution in [0.15, 0.2) is 46.8 Å². The van der Waals surface area contributed by atoms with E-state index in [0.717, 1.165) is 30.2 Å². The van der Waals surface area contributed by atoms with Gasteiger partial charge in [0.25, 0.3) is 11.5 Å². The summed E-state index contributed by atoms with van der Waals surface area (Å²) in [5, 5.41) is 2.54. The van der Waals surface area contributed by atoms with Crippen LogP contribution < -0.4 is 5.56 Å². The van der Waals surface area contributed by atoms with Crippen molar-refractivity contribution in [1.29, 1.82) is 0 Å². The van der Waals surface area contributed by atoms with Gasteiger partial charge in [-0.25, -0.2) is 4.98 Å². The van der Waals surface area contributed by atoms with Crippen LogP contribution in [-0.2, 0) is 6.54 Å². The monoisotopic (exact) mass is 388 g/mol. The zero-order chi connectivity index (χ0) is 18.1. The number of rotatable bonds is 3. The van der Waals surface area contributed by atoms with E-state index in [4.69, 9.17) is 11.6 Å². The maximum Gasteiger partial charge on any atom is 0.271 e. The smallest absolute Gasteiger partial charge is 0.271 e. The molecule has 0 saturated carbocycles. The van der Waals surface area contributed by atoms with E-state index in [1.807, 2.05) is 24.3 Å². The van der Waals surface area contributed by atoms with Gasteiger partial charge < -0.3 is 4.90 Å². The molecule has 0 radical (unpaired) electrons. The Morgan fingerprint density at radius 3 is 2.73 bits per heavy atom. The molecule has 1 fully saturated rings. The van der Waals surface area contributed by atoms with E-state index in [0.29, 0.717) is 18.1 Å². The average molecular weight is 389 g/mol. The first kappa shape index (κ1) is 17.2. The van der Waals surface area contributed by atoms with Gasteiger partial charge in [-0.1, -0.05) is 29.8 Å². The van der Waals surface area contributed by atoms with Crippen LogP contribution in [0.1, 0.15) is 15.9 Å². The van der Waals surface area contributed by atoms with Crippen LogP contribution in [0, 0.1) is 0 Å². The molecule has 1 aliphatic rings. The van der Waals surface area contributed by atoms with Crippen LogP contribution in [0.3, 0.4) is 0 Å². The Morgan fingerprint density at radius 1 is 1.19 bits per heavy atom. The van der Waals surface area contributed by atoms with Crippen molar-refractivity contribution in [2.24, 2.45) is 0 Å². The summed E-state index contributed by atoms with van der Waals surface area (Å²) in [6, 6.07) is 7.79. The van der Waals surface area contributed by atoms with Crippen molar-refractivity contribution in [3.8, 4) is 0 Å². The fourth-order valence-corrected chi connectivity index (χ4v) is 3.99. The second-order valence-electron chi connectivity index (χ2n) is 6.19. The van der Waals surface area contributed by atoms with E-state index >= 15 is 0 Å². The number of aromatic nitrogens is 2. The van der Waals surface area contributed by atoms with Crippen LogP contribution in [0.2, 0.25) is 5.02 Å². The number of hydrogen-bond acceptors (Lipinski definition) is 5. The fraction of sp³-hybridized carbons (Fsp3) is 0.278. The van der Waals surface area contributed by atoms with Crippen molar-refractivity contribution in [2.45, 2.75) is 6.54 Å². The van der Waals surface area contributed by atoms with Crippen LogP contribution in [0.25, 0.3) is 4.96 Å². The summed E-state index contributed by atoms with van der Waals surface area (Å²) in [6.07, 6.45) is 3.04. The molecule has 1 aliphatic heterocycles. The highest BCUT2D eigenvalue weighted by atomic mass is 35.5. The van der Waals surface area contributed by atoms with Crippen LogP contribution in [0.4, 0.5) is 0 Å². The SMILES string of the molecule is O=C(c1cnc2sccn2c1=O)N1CCN(Cc2ccccc2Cl)CC1. The van der Waals surface area contributed by atoms with E-state index in [-0.39, 0.29) is 17.0 Å². The van der Waals surface area contributed by atoms with Crippen molar-refractivity contribution in [3.63, 3.8) is 0 Å². The molecule has 8 heteroatoms. The second-order valence-corrected chi connectivity index (χ2v) is 7.47. The quantitative estimate of drug-likeness (QED) is 0.691. The van der Waals surface area contributed by atoms with Gasteiger partial charge in [0, 0.05) is 55.5 Å². The Balaban J connectivity index is 1.44. The van der Waals surface area contributed by atoms with E-state index < -0.39 is 0 Å². The molecule has 0 N–H and O–H groups in total. The Labute approximate surface area is 159 Å². The minimum atomic E-state index is -0.306. The summed E-state index contributed by atoms with van der Waals surface area (Å²) in [6.45, 7) is 3.40. The van der Waals surface area contributed by atoms with Gasteiger partial charge in [-0.05, 0) is 11.6 Å². The number of hydrogen-bond donors (Lipinski definition) is 0. The first-order valence-corrected chi connectivity index (χ1v) is 9.59. The predicted octanol–water partition coefficient (Wildman–Crippen LogP) is 2.37. The number of carbonyl (C=O) groups is 1. The zero-order valence-electron chi connectivity index (χ0n) is 14.0. The minimum absolute atomic E-state index is 0.125. The Kier molecular flexibility index (Phi) is 4.76. The topological polar surface area (TPSA) is 57.9 Å². The fourth-order valence-electron chi connectivity index (χ4n) is 3.12. The third-order valence-corrected chi connectivity index (χ3v) is 5.72. The lowest BCUT2D eigenvalue weighted by molar-refractivity contribution is 0.0626. The molecule has 4 rings (SSSR count). The molecular weight excluding hydrogens is 372 g/mol. The predicted molar refractivity (Wildman–Crippen MR) is 102 cm³/mol. The molecule has 6 nitrogen and oxygen atoms in total. The van der Waals surface area contributed by atoms with Crippen molar-refractivity contribution in [1.82, 2.24) is 19.2 Å². The molecule has 26 heavy (non-hydrogen) atoms. The molecule has 3 aromatic rings. The molecular formula is C18H17ClN4O2S. The average Bonchev–Trinajstić information content (AvgIpc) is 3.14. The number of carbonyl (C=O) groups excluding carboxylic acids is 1. The maximum absolute atomic E-state index is 12.7. The molecule has 0 spiro atoms. The number of halogens is 1. The minimum Gasteiger partial charge on any atom is -0.336 e. The summed E-state index contributed by atoms with van der Waals surface area (Å²) in [7, 11) is 0. The number of piperazine rings is 1. The van der Waals surface area contributed by atoms with Crippen LogP contribution in [-0.4, -0.2) is 51.3 Å². The first-order valence-electron chi connectivity index (χ1n) is 8.33. The molecule has 134 valence electrons. The first-order chi connectivity index (χ1) is 12.6. The van der Waals surface area contributed by atoms with Crippen LogP contribution in [0.5, 0.6) is 0 Å². The van der Waals surface area contributed by atoms with E-state index in [9.17, 15) is 9.59 Å². The van der Waals surface area contributed by atoms with Gasteiger partial charge in [0.1, 0.15) is 5.56 Å². The number of thiazole rings is 1. The number of nitrogens with zero attached hydrogens (tertiary/aromatic N) is 4. The number of fused-ring (bicyclic) bond motifs is 1. The van der Waals surface area contributed by atoms with Gasteiger partial charge in [-0.2, -0.15) is 0 Å². The standard InChI is InChI=1S/C18H17ClN4O2S/c19-15-4-2-1-3-13(15)12-21-5-7-22(8-6-21)16(24)14-11-20-18-23(17(14)25)9-10-26-18/h1-4,9-11H,5-8,12H2. The molecule has 1 amide bonds. The summed E-state index contributed by atoms with van der Waals surface area (Å²) in [4.78, 5) is 34.0. The molecule has 1 saturated heterocycles. The highest BCUT2D eigenvalue weighted by molar-refractivity contribution is 7.15. The molecule has 0 unspecified atom stereocenters. The third kappa shape index (κ3) is 3.25. The van der Waals surface area contributed by atoms with Crippen molar-refractivity contribution >= 4 is 33.8 Å². The van der Waals surface area contributed by atoms with Crippen molar-refractivity contribution in [2.75, 3.05) is 26.2 Å². The van der Waals surface area contributed by atoms with E-state index in [1.165, 1.54) is 21.9 Å². The highest BCUT2D eigenvalue weighted by Gasteiger charge is 2.25. The Bertz CT molecular complexity index is 1010. The van der Waals surface area contributed by atoms with Gasteiger partial charge >= 0.3 is 0 Å². The van der Waals surface area contributed by atoms with Gasteiger partial charge in [-0.3, -0.25) is 18.9 Å². The van der Waals surface area contributed by atoms with Crippen LogP contribution >= 0.6 is 22.9 Å². The number of benzene rings is 1. The van der Waals surface area contributed by atoms with Gasteiger partial charge in [0.15, 0.2) is 4.96 Å². The van der Waals surface area contributed by atoms with Gasteiger partial charge in [0.2, 0.25) is 0 Å². The molecule has 0 bridgehead atoms. The molecule has 2 aromatic heterocycles. The van der Waals surface area contributed by atoms with Gasteiger partial charge in [-0.15, -0.1) is 11.3 Å². The summed E-state index contributed by atoms with van der Waals surface area (Å²) in [5.74, 6) is -0.250. The van der Waals surface area contributed by atoms with E-state index in [2.05, 4.69) is 9.88 Å². The molecule has 3 heterocycles. The number of amides is 1. The lowest BCUT2D eigenvalue weighted by atomic mass is 10.2. The second kappa shape index (κ2) is 7.19. The van der Waals surface area contributed by atoms with Crippen molar-refractivity contribution < 1.29 is 4.79 Å². The summed E-state index contributed by atoms with van der Waals surface area (Å²) in [5.41, 5.74) is 0.902. The summed E-state index contributed by atoms with van der Waals surface area (Å²) >= 11 is 7.59. The molecule has 1 aromatic carbocycles. The molecule has 0 aliphatic carbocycles. The van der Waals surface area contributed by atoms with E-state index in [1.54, 1.807) is 16.5 Å². The Morgan fingerprint density at radius 2 is 1.96 bits per heavy atom. The lowest BCUT2D eigenvalue weighted by Crippen LogP contribution is -2.49. The molecule has 0 atom stereocenters. The lowest BCUT2D eigenvalue weighted by Gasteiger charge is -2.34. The largest absolute Gasteiger partial charge is 0.336 e. The van der Waals surface area contributed by atoms with Gasteiger partial charge in [0.05, 0.1) is 0 Å². The zero-order valence-corrected chi connectivity index (χ0v) is 15.5. The Hall–Kier alpha value is -2.22. The normalized spacial score (nSPS) is 15.5. The highest BCUT2D eigenvalue weighted by Crippen LogP contribution is 2.18. The maximum atomic E-state index is 12.7. The van der Waals surface area contributed by atoms with Crippen molar-refractivity contribution in [3.05, 3.63) is 68.5 Å². The summed E-state index contributed by atoms with van der Waals surface area (Å²) < 4.78 is 1.42.